The molecule has 2 aliphatic carbocycles. The third-order valence-corrected chi connectivity index (χ3v) is 4.48. The summed E-state index contributed by atoms with van der Waals surface area (Å²) in [6.07, 6.45) is 10.6. The molecular weight excluding hydrogens is 214 g/mol. The number of nitrogens with zero attached hydrogens (tertiary/aromatic N) is 1. The smallest absolute Gasteiger partial charge is 0.317 e. The van der Waals surface area contributed by atoms with E-state index in [4.69, 9.17) is 9.73 Å². The minimum absolute atomic E-state index is 0.00488. The van der Waals surface area contributed by atoms with Gasteiger partial charge in [-0.25, -0.2) is 0 Å². The number of rotatable bonds is 1. The summed E-state index contributed by atoms with van der Waals surface area (Å²) in [6.45, 7) is 0. The van der Waals surface area contributed by atoms with Gasteiger partial charge in [0, 0.05) is 5.92 Å². The van der Waals surface area contributed by atoms with Crippen molar-refractivity contribution in [3.05, 3.63) is 0 Å². The molecule has 0 aromatic carbocycles. The Balaban J connectivity index is 1.76. The molecule has 1 heterocycles. The van der Waals surface area contributed by atoms with E-state index < -0.39 is 0 Å². The average molecular weight is 235 g/mol. The minimum atomic E-state index is 0.00488. The molecule has 2 unspecified atom stereocenters. The quantitative estimate of drug-likeness (QED) is 0.655. The third-order valence-electron chi connectivity index (χ3n) is 4.48. The standard InChI is InChI=1S/C14H21NO2/c16-14-11-8-4-5-9-12(11)15-13(17-14)10-6-2-1-3-7-10/h10-12H,1-9H2. The Kier molecular flexibility index (Phi) is 3.17. The average Bonchev–Trinajstić information content (AvgIpc) is 2.40. The molecule has 3 aliphatic rings. The fraction of sp³-hybridized carbons (Fsp3) is 0.857. The molecule has 1 aliphatic heterocycles. The largest absolute Gasteiger partial charge is 0.411 e. The van der Waals surface area contributed by atoms with Crippen LogP contribution in [-0.4, -0.2) is 17.9 Å². The van der Waals surface area contributed by atoms with Crippen LogP contribution in [0.2, 0.25) is 0 Å². The number of carbonyl (C=O) groups is 1. The molecule has 0 spiro atoms. The van der Waals surface area contributed by atoms with E-state index in [9.17, 15) is 4.79 Å². The van der Waals surface area contributed by atoms with E-state index in [1.54, 1.807) is 0 Å². The lowest BCUT2D eigenvalue weighted by molar-refractivity contribution is -0.143. The Morgan fingerprint density at radius 2 is 1.65 bits per heavy atom. The molecule has 2 saturated carbocycles. The van der Waals surface area contributed by atoms with E-state index in [0.29, 0.717) is 5.92 Å². The van der Waals surface area contributed by atoms with E-state index in [2.05, 4.69) is 0 Å². The summed E-state index contributed by atoms with van der Waals surface area (Å²) in [4.78, 5) is 16.7. The van der Waals surface area contributed by atoms with Gasteiger partial charge < -0.3 is 4.74 Å². The molecule has 0 aromatic rings. The zero-order valence-corrected chi connectivity index (χ0v) is 10.4. The molecule has 2 fully saturated rings. The van der Waals surface area contributed by atoms with Gasteiger partial charge in [-0.15, -0.1) is 0 Å². The zero-order chi connectivity index (χ0) is 11.7. The first kappa shape index (κ1) is 11.2. The van der Waals surface area contributed by atoms with E-state index >= 15 is 0 Å². The maximum absolute atomic E-state index is 12.0. The van der Waals surface area contributed by atoms with E-state index in [-0.39, 0.29) is 17.9 Å². The van der Waals surface area contributed by atoms with Gasteiger partial charge in [0.2, 0.25) is 0 Å². The summed E-state index contributed by atoms with van der Waals surface area (Å²) >= 11 is 0. The highest BCUT2D eigenvalue weighted by atomic mass is 16.5. The van der Waals surface area contributed by atoms with Gasteiger partial charge in [0.15, 0.2) is 5.90 Å². The summed E-state index contributed by atoms with van der Waals surface area (Å²) in [7, 11) is 0. The summed E-state index contributed by atoms with van der Waals surface area (Å²) in [5, 5.41) is 0. The number of ether oxygens (including phenoxy) is 1. The molecule has 3 nitrogen and oxygen atoms in total. The second kappa shape index (κ2) is 4.79. The number of cyclic esters (lactones) is 1. The SMILES string of the molecule is O=C1OC(C2CCCCC2)=NC2CCCCC12. The van der Waals surface area contributed by atoms with Crippen molar-refractivity contribution in [1.82, 2.24) is 0 Å². The van der Waals surface area contributed by atoms with Crippen LogP contribution in [0.5, 0.6) is 0 Å². The monoisotopic (exact) mass is 235 g/mol. The van der Waals surface area contributed by atoms with Crippen LogP contribution in [0.3, 0.4) is 0 Å². The summed E-state index contributed by atoms with van der Waals surface area (Å²) in [6, 6.07) is 0.238. The van der Waals surface area contributed by atoms with Gasteiger partial charge in [-0.2, -0.15) is 0 Å². The van der Waals surface area contributed by atoms with Crippen molar-refractivity contribution in [2.45, 2.75) is 63.8 Å². The van der Waals surface area contributed by atoms with Crippen LogP contribution in [0, 0.1) is 11.8 Å². The van der Waals surface area contributed by atoms with Gasteiger partial charge in [-0.3, -0.25) is 9.79 Å². The molecule has 0 radical (unpaired) electrons. The van der Waals surface area contributed by atoms with E-state index in [1.807, 2.05) is 0 Å². The zero-order valence-electron chi connectivity index (χ0n) is 10.4. The number of aliphatic imine (C=N–C) groups is 1. The summed E-state index contributed by atoms with van der Waals surface area (Å²) in [5.74, 6) is 1.27. The predicted molar refractivity (Wildman–Crippen MR) is 65.8 cm³/mol. The Morgan fingerprint density at radius 3 is 2.47 bits per heavy atom. The molecule has 3 rings (SSSR count). The molecule has 94 valence electrons. The van der Waals surface area contributed by atoms with Crippen molar-refractivity contribution < 1.29 is 9.53 Å². The van der Waals surface area contributed by atoms with Gasteiger partial charge >= 0.3 is 5.97 Å². The first-order valence-corrected chi connectivity index (χ1v) is 7.14. The molecular formula is C14H21NO2. The van der Waals surface area contributed by atoms with Crippen LogP contribution in [0.4, 0.5) is 0 Å². The van der Waals surface area contributed by atoms with Crippen molar-refractivity contribution >= 4 is 11.9 Å². The number of carbonyl (C=O) groups excluding carboxylic acids is 1. The maximum atomic E-state index is 12.0. The Labute approximate surface area is 103 Å². The summed E-state index contributed by atoms with van der Waals surface area (Å²) < 4.78 is 5.51. The second-order valence-electron chi connectivity index (χ2n) is 5.68. The van der Waals surface area contributed by atoms with Gasteiger partial charge in [0.05, 0.1) is 12.0 Å². The Hall–Kier alpha value is -0.860. The van der Waals surface area contributed by atoms with Crippen LogP contribution < -0.4 is 0 Å². The molecule has 0 N–H and O–H groups in total. The highest BCUT2D eigenvalue weighted by Gasteiger charge is 2.38. The number of hydrogen-bond acceptors (Lipinski definition) is 3. The Morgan fingerprint density at radius 1 is 0.941 bits per heavy atom. The predicted octanol–water partition coefficient (Wildman–Crippen LogP) is 3.08. The first-order valence-electron chi connectivity index (χ1n) is 7.14. The topological polar surface area (TPSA) is 38.7 Å². The van der Waals surface area contributed by atoms with Gasteiger partial charge in [0.25, 0.3) is 0 Å². The highest BCUT2D eigenvalue weighted by molar-refractivity contribution is 5.93. The fourth-order valence-corrected chi connectivity index (χ4v) is 3.45. The summed E-state index contributed by atoms with van der Waals surface area (Å²) in [5.41, 5.74) is 0. The molecule has 0 amide bonds. The molecule has 3 heteroatoms. The number of esters is 1. The second-order valence-corrected chi connectivity index (χ2v) is 5.68. The van der Waals surface area contributed by atoms with E-state index in [0.717, 1.165) is 38.0 Å². The molecule has 0 aromatic heterocycles. The lowest BCUT2D eigenvalue weighted by atomic mass is 9.83. The van der Waals surface area contributed by atoms with Gasteiger partial charge in [-0.1, -0.05) is 32.1 Å². The number of hydrogen-bond donors (Lipinski definition) is 0. The van der Waals surface area contributed by atoms with Crippen molar-refractivity contribution in [2.75, 3.05) is 0 Å². The van der Waals surface area contributed by atoms with Crippen molar-refractivity contribution in [3.63, 3.8) is 0 Å². The maximum Gasteiger partial charge on any atom is 0.317 e. The number of fused-ring (bicyclic) bond motifs is 1. The molecule has 17 heavy (non-hydrogen) atoms. The van der Waals surface area contributed by atoms with Gasteiger partial charge in [-0.05, 0) is 25.7 Å². The van der Waals surface area contributed by atoms with Crippen LogP contribution in [0.1, 0.15) is 57.8 Å². The van der Waals surface area contributed by atoms with Crippen molar-refractivity contribution in [1.29, 1.82) is 0 Å². The van der Waals surface area contributed by atoms with Crippen LogP contribution in [0.15, 0.2) is 4.99 Å². The van der Waals surface area contributed by atoms with Gasteiger partial charge in [0.1, 0.15) is 0 Å². The van der Waals surface area contributed by atoms with Crippen LogP contribution in [-0.2, 0) is 9.53 Å². The molecule has 0 saturated heterocycles. The first-order chi connectivity index (χ1) is 8.34. The normalized spacial score (nSPS) is 34.8. The molecule has 0 bridgehead atoms. The van der Waals surface area contributed by atoms with Crippen LogP contribution >= 0.6 is 0 Å². The highest BCUT2D eigenvalue weighted by Crippen LogP contribution is 2.34. The minimum Gasteiger partial charge on any atom is -0.411 e. The lowest BCUT2D eigenvalue weighted by Gasteiger charge is -2.34. The van der Waals surface area contributed by atoms with E-state index in [1.165, 1.54) is 25.7 Å². The third kappa shape index (κ3) is 2.24. The van der Waals surface area contributed by atoms with Crippen molar-refractivity contribution in [3.8, 4) is 0 Å². The fourth-order valence-electron chi connectivity index (χ4n) is 3.45. The van der Waals surface area contributed by atoms with Crippen LogP contribution in [0.25, 0.3) is 0 Å². The van der Waals surface area contributed by atoms with Crippen molar-refractivity contribution in [2.24, 2.45) is 16.8 Å². The lowest BCUT2D eigenvalue weighted by Crippen LogP contribution is -2.40. The molecule has 2 atom stereocenters. The Bertz CT molecular complexity index is 331.